The predicted octanol–water partition coefficient (Wildman–Crippen LogP) is 2.28. The van der Waals surface area contributed by atoms with Gasteiger partial charge < -0.3 is 14.8 Å². The summed E-state index contributed by atoms with van der Waals surface area (Å²) in [6.07, 6.45) is 4.17. The van der Waals surface area contributed by atoms with Gasteiger partial charge in [-0.2, -0.15) is 0 Å². The molecule has 1 fully saturated rings. The summed E-state index contributed by atoms with van der Waals surface area (Å²) in [7, 11) is 0. The first-order valence-corrected chi connectivity index (χ1v) is 6.49. The first-order valence-electron chi connectivity index (χ1n) is 5.41. The Hall–Kier alpha value is -0.0700. The number of furan rings is 1. The Kier molecular flexibility index (Phi) is 4.05. The lowest BCUT2D eigenvalue weighted by Crippen LogP contribution is -2.41. The van der Waals surface area contributed by atoms with E-state index in [9.17, 15) is 5.11 Å². The normalized spacial score (nSPS) is 26.8. The minimum atomic E-state index is -0.187. The lowest BCUT2D eigenvalue weighted by molar-refractivity contribution is 0.0892. The molecular weight excluding hydrogens is 305 g/mol. The van der Waals surface area contributed by atoms with E-state index in [0.717, 1.165) is 28.8 Å². The van der Waals surface area contributed by atoms with E-state index in [0.29, 0.717) is 6.54 Å². The number of aliphatic hydroxyl groups is 1. The highest BCUT2D eigenvalue weighted by molar-refractivity contribution is 14.1. The quantitative estimate of drug-likeness (QED) is 0.840. The lowest BCUT2D eigenvalue weighted by Gasteiger charge is -2.28. The number of halogens is 1. The molecule has 3 nitrogen and oxygen atoms in total. The number of hydrogen-bond acceptors (Lipinski definition) is 3. The van der Waals surface area contributed by atoms with Crippen LogP contribution < -0.4 is 5.32 Å². The Morgan fingerprint density at radius 1 is 1.40 bits per heavy atom. The van der Waals surface area contributed by atoms with Crippen molar-refractivity contribution in [3.63, 3.8) is 0 Å². The van der Waals surface area contributed by atoms with Crippen molar-refractivity contribution in [2.75, 3.05) is 0 Å². The Morgan fingerprint density at radius 2 is 2.20 bits per heavy atom. The standard InChI is InChI=1S/C11H16INO2/c12-11-6-5-8(15-11)7-13-9-3-1-2-4-10(9)14/h5-6,9-10,13-14H,1-4,7H2. The fraction of sp³-hybridized carbons (Fsp3) is 0.636. The molecule has 4 heteroatoms. The highest BCUT2D eigenvalue weighted by atomic mass is 127. The molecule has 84 valence electrons. The third-order valence-corrected chi connectivity index (χ3v) is 3.48. The first-order chi connectivity index (χ1) is 7.25. The molecule has 2 unspecified atom stereocenters. The number of rotatable bonds is 3. The lowest BCUT2D eigenvalue weighted by atomic mass is 9.92. The molecule has 1 aromatic rings. The molecule has 0 saturated heterocycles. The van der Waals surface area contributed by atoms with Crippen molar-refractivity contribution in [2.24, 2.45) is 0 Å². The average molecular weight is 321 g/mol. The van der Waals surface area contributed by atoms with Crippen LogP contribution in [0.2, 0.25) is 0 Å². The van der Waals surface area contributed by atoms with Crippen LogP contribution in [0.1, 0.15) is 31.4 Å². The minimum absolute atomic E-state index is 0.187. The highest BCUT2D eigenvalue weighted by Gasteiger charge is 2.22. The molecule has 0 radical (unpaired) electrons. The molecule has 0 amide bonds. The number of hydrogen-bond donors (Lipinski definition) is 2. The molecule has 1 saturated carbocycles. The SMILES string of the molecule is OC1CCCCC1NCc1ccc(I)o1. The van der Waals surface area contributed by atoms with Crippen LogP contribution in [-0.2, 0) is 6.54 Å². The van der Waals surface area contributed by atoms with E-state index in [1.165, 1.54) is 6.42 Å². The summed E-state index contributed by atoms with van der Waals surface area (Å²) >= 11 is 2.16. The van der Waals surface area contributed by atoms with Crippen molar-refractivity contribution in [1.29, 1.82) is 0 Å². The van der Waals surface area contributed by atoms with Gasteiger partial charge in [0, 0.05) is 6.04 Å². The second-order valence-electron chi connectivity index (χ2n) is 4.05. The van der Waals surface area contributed by atoms with Gasteiger partial charge in [-0.05, 0) is 47.6 Å². The molecule has 2 rings (SSSR count). The topological polar surface area (TPSA) is 45.4 Å². The van der Waals surface area contributed by atoms with E-state index < -0.39 is 0 Å². The van der Waals surface area contributed by atoms with Crippen LogP contribution in [0.4, 0.5) is 0 Å². The van der Waals surface area contributed by atoms with Crippen LogP contribution in [0.15, 0.2) is 16.5 Å². The molecule has 0 aliphatic heterocycles. The molecule has 0 bridgehead atoms. The zero-order valence-corrected chi connectivity index (χ0v) is 10.7. The van der Waals surface area contributed by atoms with Crippen molar-refractivity contribution in [3.05, 3.63) is 21.7 Å². The molecule has 0 spiro atoms. The van der Waals surface area contributed by atoms with E-state index in [1.54, 1.807) is 0 Å². The van der Waals surface area contributed by atoms with Crippen LogP contribution in [0.3, 0.4) is 0 Å². The van der Waals surface area contributed by atoms with Crippen LogP contribution >= 0.6 is 22.6 Å². The Balaban J connectivity index is 1.81. The zero-order valence-electron chi connectivity index (χ0n) is 8.58. The largest absolute Gasteiger partial charge is 0.454 e. The summed E-state index contributed by atoms with van der Waals surface area (Å²) in [5.74, 6) is 0.942. The summed E-state index contributed by atoms with van der Waals surface area (Å²) in [6, 6.07) is 4.17. The molecule has 1 heterocycles. The Labute approximate surface area is 103 Å². The number of nitrogens with one attached hydrogen (secondary N) is 1. The zero-order chi connectivity index (χ0) is 10.7. The van der Waals surface area contributed by atoms with Gasteiger partial charge in [-0.3, -0.25) is 0 Å². The molecular formula is C11H16INO2. The maximum Gasteiger partial charge on any atom is 0.164 e. The summed E-state index contributed by atoms with van der Waals surface area (Å²) in [5, 5.41) is 13.1. The van der Waals surface area contributed by atoms with Gasteiger partial charge >= 0.3 is 0 Å². The molecule has 0 aromatic carbocycles. The third-order valence-electron chi connectivity index (χ3n) is 2.90. The minimum Gasteiger partial charge on any atom is -0.454 e. The van der Waals surface area contributed by atoms with Gasteiger partial charge in [-0.15, -0.1) is 0 Å². The fourth-order valence-electron chi connectivity index (χ4n) is 2.03. The van der Waals surface area contributed by atoms with E-state index in [-0.39, 0.29) is 12.1 Å². The van der Waals surface area contributed by atoms with Crippen LogP contribution in [0, 0.1) is 3.77 Å². The highest BCUT2D eigenvalue weighted by Crippen LogP contribution is 2.19. The van der Waals surface area contributed by atoms with Gasteiger partial charge in [0.2, 0.25) is 0 Å². The monoisotopic (exact) mass is 321 g/mol. The van der Waals surface area contributed by atoms with Gasteiger partial charge in [0.05, 0.1) is 12.6 Å². The van der Waals surface area contributed by atoms with Gasteiger partial charge in [0.1, 0.15) is 5.76 Å². The summed E-state index contributed by atoms with van der Waals surface area (Å²) < 4.78 is 6.36. The third kappa shape index (κ3) is 3.19. The summed E-state index contributed by atoms with van der Waals surface area (Å²) in [5.41, 5.74) is 0. The Bertz CT molecular complexity index is 313. The maximum atomic E-state index is 9.76. The van der Waals surface area contributed by atoms with Gasteiger partial charge in [-0.1, -0.05) is 12.8 Å². The molecule has 2 N–H and O–H groups in total. The second-order valence-corrected chi connectivity index (χ2v) is 5.11. The van der Waals surface area contributed by atoms with Crippen molar-refractivity contribution in [3.8, 4) is 0 Å². The van der Waals surface area contributed by atoms with Gasteiger partial charge in [0.25, 0.3) is 0 Å². The molecule has 2 atom stereocenters. The predicted molar refractivity (Wildman–Crippen MR) is 66.5 cm³/mol. The van der Waals surface area contributed by atoms with E-state index >= 15 is 0 Å². The number of aliphatic hydroxyl groups excluding tert-OH is 1. The maximum absolute atomic E-state index is 9.76. The van der Waals surface area contributed by atoms with Gasteiger partial charge in [-0.25, -0.2) is 0 Å². The molecule has 15 heavy (non-hydrogen) atoms. The first kappa shape index (κ1) is 11.4. The van der Waals surface area contributed by atoms with Crippen molar-refractivity contribution in [1.82, 2.24) is 5.32 Å². The van der Waals surface area contributed by atoms with Crippen LogP contribution in [0.25, 0.3) is 0 Å². The average Bonchev–Trinajstić information content (AvgIpc) is 2.63. The van der Waals surface area contributed by atoms with E-state index in [1.807, 2.05) is 12.1 Å². The van der Waals surface area contributed by atoms with E-state index in [2.05, 4.69) is 27.9 Å². The fourth-order valence-corrected chi connectivity index (χ4v) is 2.49. The van der Waals surface area contributed by atoms with Crippen molar-refractivity contribution in [2.45, 2.75) is 44.4 Å². The van der Waals surface area contributed by atoms with Crippen LogP contribution in [-0.4, -0.2) is 17.3 Å². The summed E-state index contributed by atoms with van der Waals surface area (Å²) in [6.45, 7) is 0.713. The summed E-state index contributed by atoms with van der Waals surface area (Å²) in [4.78, 5) is 0. The van der Waals surface area contributed by atoms with E-state index in [4.69, 9.17) is 4.42 Å². The van der Waals surface area contributed by atoms with Crippen LogP contribution in [0.5, 0.6) is 0 Å². The molecule has 1 aliphatic rings. The van der Waals surface area contributed by atoms with Crippen molar-refractivity contribution >= 4 is 22.6 Å². The smallest absolute Gasteiger partial charge is 0.164 e. The van der Waals surface area contributed by atoms with Gasteiger partial charge in [0.15, 0.2) is 3.77 Å². The second kappa shape index (κ2) is 5.32. The Morgan fingerprint density at radius 3 is 2.87 bits per heavy atom. The molecule has 1 aliphatic carbocycles. The van der Waals surface area contributed by atoms with Crippen molar-refractivity contribution < 1.29 is 9.52 Å². The molecule has 1 aromatic heterocycles.